The van der Waals surface area contributed by atoms with E-state index in [1.165, 1.54) is 6.33 Å². The first-order chi connectivity index (χ1) is 4.72. The van der Waals surface area contributed by atoms with Gasteiger partial charge in [0.05, 0.1) is 0 Å². The fraction of sp³-hybridized carbons (Fsp3) is 0.500. The zero-order chi connectivity index (χ0) is 7.56. The Morgan fingerprint density at radius 1 is 1.70 bits per heavy atom. The molecule has 0 aliphatic rings. The maximum atomic E-state index is 11.1. The largest absolute Gasteiger partial charge is 0.290 e. The van der Waals surface area contributed by atoms with Crippen LogP contribution in [0.5, 0.6) is 0 Å². The molecule has 4 heteroatoms. The summed E-state index contributed by atoms with van der Waals surface area (Å²) in [4.78, 5) is 14.8. The van der Waals surface area contributed by atoms with E-state index in [0.717, 1.165) is 0 Å². The van der Waals surface area contributed by atoms with Gasteiger partial charge in [0.1, 0.15) is 6.33 Å². The van der Waals surface area contributed by atoms with Crippen molar-refractivity contribution in [2.75, 3.05) is 0 Å². The fourth-order valence-electron chi connectivity index (χ4n) is 0.598. The molecule has 0 fully saturated rings. The molecule has 10 heavy (non-hydrogen) atoms. The van der Waals surface area contributed by atoms with E-state index in [1.54, 1.807) is 0 Å². The van der Waals surface area contributed by atoms with E-state index < -0.39 is 0 Å². The topological polar surface area (TPSA) is 58.6 Å². The van der Waals surface area contributed by atoms with Crippen molar-refractivity contribution in [1.82, 2.24) is 15.2 Å². The van der Waals surface area contributed by atoms with Crippen LogP contribution in [0.4, 0.5) is 0 Å². The number of aromatic amines is 1. The number of aromatic nitrogens is 3. The molecule has 0 spiro atoms. The molecule has 1 aromatic rings. The Balaban J connectivity index is 2.78. The molecule has 0 saturated carbocycles. The Morgan fingerprint density at radius 3 is 2.80 bits per heavy atom. The summed E-state index contributed by atoms with van der Waals surface area (Å²) in [6.45, 7) is 3.65. The summed E-state index contributed by atoms with van der Waals surface area (Å²) in [5.74, 6) is 0.320. The molecule has 1 rings (SSSR count). The van der Waals surface area contributed by atoms with Crippen LogP contribution < -0.4 is 0 Å². The third kappa shape index (κ3) is 1.21. The lowest BCUT2D eigenvalue weighted by Gasteiger charge is -1.96. The average Bonchev–Trinajstić information content (AvgIpc) is 2.36. The van der Waals surface area contributed by atoms with Crippen LogP contribution in [0.2, 0.25) is 0 Å². The van der Waals surface area contributed by atoms with E-state index in [-0.39, 0.29) is 11.7 Å². The molecule has 0 unspecified atom stereocenters. The molecule has 0 radical (unpaired) electrons. The second-order valence-electron chi connectivity index (χ2n) is 2.35. The quantitative estimate of drug-likeness (QED) is 0.612. The van der Waals surface area contributed by atoms with Crippen molar-refractivity contribution < 1.29 is 4.79 Å². The number of Topliss-reactive ketones (excluding diaryl/α,β-unsaturated/α-hetero) is 1. The second-order valence-corrected chi connectivity index (χ2v) is 2.35. The van der Waals surface area contributed by atoms with Crippen molar-refractivity contribution in [2.24, 2.45) is 5.92 Å². The second kappa shape index (κ2) is 2.60. The van der Waals surface area contributed by atoms with Gasteiger partial charge in [0.15, 0.2) is 5.82 Å². The highest BCUT2D eigenvalue weighted by atomic mass is 16.1. The number of hydrogen-bond donors (Lipinski definition) is 1. The molecule has 1 heterocycles. The minimum absolute atomic E-state index is 0.00231. The average molecular weight is 139 g/mol. The van der Waals surface area contributed by atoms with Gasteiger partial charge < -0.3 is 0 Å². The third-order valence-corrected chi connectivity index (χ3v) is 1.17. The molecule has 0 aliphatic carbocycles. The number of ketones is 1. The Labute approximate surface area is 58.7 Å². The lowest BCUT2D eigenvalue weighted by atomic mass is 10.1. The van der Waals surface area contributed by atoms with E-state index in [1.807, 2.05) is 13.8 Å². The zero-order valence-corrected chi connectivity index (χ0v) is 5.96. The van der Waals surface area contributed by atoms with Gasteiger partial charge in [-0.1, -0.05) is 13.8 Å². The van der Waals surface area contributed by atoms with Gasteiger partial charge in [-0.05, 0) is 0 Å². The van der Waals surface area contributed by atoms with Crippen molar-refractivity contribution in [3.63, 3.8) is 0 Å². The summed E-state index contributed by atoms with van der Waals surface area (Å²) >= 11 is 0. The molecule has 0 saturated heterocycles. The molecule has 0 atom stereocenters. The predicted octanol–water partition coefficient (Wildman–Crippen LogP) is 0.643. The highest BCUT2D eigenvalue weighted by molar-refractivity contribution is 5.93. The van der Waals surface area contributed by atoms with E-state index >= 15 is 0 Å². The molecule has 4 nitrogen and oxygen atoms in total. The minimum atomic E-state index is -0.0204. The molecule has 0 bridgehead atoms. The van der Waals surface area contributed by atoms with Crippen LogP contribution in [0.25, 0.3) is 0 Å². The number of nitrogens with one attached hydrogen (secondary N) is 1. The van der Waals surface area contributed by atoms with Gasteiger partial charge in [0.25, 0.3) is 0 Å². The fourth-order valence-corrected chi connectivity index (χ4v) is 0.598. The van der Waals surface area contributed by atoms with Gasteiger partial charge in [-0.15, -0.1) is 0 Å². The van der Waals surface area contributed by atoms with E-state index in [0.29, 0.717) is 5.82 Å². The first-order valence-corrected chi connectivity index (χ1v) is 3.11. The first-order valence-electron chi connectivity index (χ1n) is 3.11. The Hall–Kier alpha value is -1.19. The molecule has 0 aromatic carbocycles. The van der Waals surface area contributed by atoms with Crippen LogP contribution in [0.15, 0.2) is 6.33 Å². The number of carbonyl (C=O) groups excluding carboxylic acids is 1. The molecule has 1 aromatic heterocycles. The Bertz CT molecular complexity index is 215. The van der Waals surface area contributed by atoms with E-state index in [4.69, 9.17) is 0 Å². The van der Waals surface area contributed by atoms with Gasteiger partial charge in [-0.25, -0.2) is 4.98 Å². The Morgan fingerprint density at radius 2 is 2.40 bits per heavy atom. The SMILES string of the molecule is CC(C)C(=O)c1ncn[nH]1. The lowest BCUT2D eigenvalue weighted by Crippen LogP contribution is -2.09. The van der Waals surface area contributed by atoms with Crippen molar-refractivity contribution >= 4 is 5.78 Å². The van der Waals surface area contributed by atoms with E-state index in [9.17, 15) is 4.79 Å². The minimum Gasteiger partial charge on any atom is -0.290 e. The third-order valence-electron chi connectivity index (χ3n) is 1.17. The number of carbonyl (C=O) groups is 1. The van der Waals surface area contributed by atoms with Gasteiger partial charge in [-0.3, -0.25) is 9.89 Å². The lowest BCUT2D eigenvalue weighted by molar-refractivity contribution is 0.0929. The summed E-state index contributed by atoms with van der Waals surface area (Å²) in [6, 6.07) is 0. The predicted molar refractivity (Wildman–Crippen MR) is 35.6 cm³/mol. The monoisotopic (exact) mass is 139 g/mol. The van der Waals surface area contributed by atoms with Crippen molar-refractivity contribution in [3.8, 4) is 0 Å². The summed E-state index contributed by atoms with van der Waals surface area (Å²) in [6.07, 6.45) is 1.33. The molecule has 1 N–H and O–H groups in total. The van der Waals surface area contributed by atoms with Crippen molar-refractivity contribution in [1.29, 1.82) is 0 Å². The van der Waals surface area contributed by atoms with Gasteiger partial charge >= 0.3 is 0 Å². The maximum absolute atomic E-state index is 11.1. The number of hydrogen-bond acceptors (Lipinski definition) is 3. The molecule has 0 aliphatic heterocycles. The Kier molecular flexibility index (Phi) is 1.80. The van der Waals surface area contributed by atoms with Crippen LogP contribution in [-0.4, -0.2) is 21.0 Å². The summed E-state index contributed by atoms with van der Waals surface area (Å²) in [5, 5.41) is 6.08. The smallest absolute Gasteiger partial charge is 0.202 e. The van der Waals surface area contributed by atoms with Crippen LogP contribution in [0.1, 0.15) is 24.5 Å². The first kappa shape index (κ1) is 6.92. The summed E-state index contributed by atoms with van der Waals surface area (Å²) < 4.78 is 0. The van der Waals surface area contributed by atoms with Gasteiger partial charge in [0, 0.05) is 5.92 Å². The normalized spacial score (nSPS) is 10.3. The molecular weight excluding hydrogens is 130 g/mol. The van der Waals surface area contributed by atoms with Crippen LogP contribution in [-0.2, 0) is 0 Å². The highest BCUT2D eigenvalue weighted by Gasteiger charge is 2.11. The summed E-state index contributed by atoms with van der Waals surface area (Å²) in [7, 11) is 0. The van der Waals surface area contributed by atoms with Crippen molar-refractivity contribution in [3.05, 3.63) is 12.2 Å². The highest BCUT2D eigenvalue weighted by Crippen LogP contribution is 2.00. The van der Waals surface area contributed by atoms with E-state index in [2.05, 4.69) is 15.2 Å². The molecular formula is C6H9N3O. The van der Waals surface area contributed by atoms with Crippen LogP contribution >= 0.6 is 0 Å². The van der Waals surface area contributed by atoms with Gasteiger partial charge in [0.2, 0.25) is 5.78 Å². The number of rotatable bonds is 2. The van der Waals surface area contributed by atoms with Crippen molar-refractivity contribution in [2.45, 2.75) is 13.8 Å². The molecule has 0 amide bonds. The summed E-state index contributed by atoms with van der Waals surface area (Å²) in [5.41, 5.74) is 0. The zero-order valence-electron chi connectivity index (χ0n) is 5.96. The molecule has 54 valence electrons. The van der Waals surface area contributed by atoms with Crippen LogP contribution in [0.3, 0.4) is 0 Å². The van der Waals surface area contributed by atoms with Gasteiger partial charge in [-0.2, -0.15) is 5.10 Å². The standard InChI is InChI=1S/C6H9N3O/c1-4(2)5(10)6-7-3-8-9-6/h3-4H,1-2H3,(H,7,8,9). The van der Waals surface area contributed by atoms with Crippen LogP contribution in [0, 0.1) is 5.92 Å². The number of nitrogens with zero attached hydrogens (tertiary/aromatic N) is 2. The number of H-pyrrole nitrogens is 1. The maximum Gasteiger partial charge on any atom is 0.202 e.